The molecule has 0 aliphatic rings. The molecule has 0 aliphatic carbocycles. The fourth-order valence-corrected chi connectivity index (χ4v) is 1.63. The fourth-order valence-electron chi connectivity index (χ4n) is 1.63. The van der Waals surface area contributed by atoms with Crippen LogP contribution in [-0.4, -0.2) is 36.6 Å². The number of nitrogens with zero attached hydrogens (tertiary/aromatic N) is 1. The van der Waals surface area contributed by atoms with Gasteiger partial charge >= 0.3 is 5.97 Å². The summed E-state index contributed by atoms with van der Waals surface area (Å²) in [5, 5.41) is 5.71. The first kappa shape index (κ1) is 15.1. The first-order valence-electron chi connectivity index (χ1n) is 6.02. The van der Waals surface area contributed by atoms with Crippen LogP contribution in [0.2, 0.25) is 0 Å². The maximum Gasteiger partial charge on any atom is 0.329 e. The van der Waals surface area contributed by atoms with Crippen LogP contribution in [0.5, 0.6) is 0 Å². The molecular formula is C13H19N3O3. The Morgan fingerprint density at radius 1 is 1.47 bits per heavy atom. The molecule has 6 nitrogen and oxygen atoms in total. The molecule has 1 aromatic rings. The molecule has 0 aliphatic heterocycles. The van der Waals surface area contributed by atoms with Crippen LogP contribution in [0.15, 0.2) is 24.5 Å². The molecule has 0 aromatic carbocycles. The lowest BCUT2D eigenvalue weighted by molar-refractivity contribution is -0.144. The van der Waals surface area contributed by atoms with E-state index in [0.717, 1.165) is 5.56 Å². The van der Waals surface area contributed by atoms with Gasteiger partial charge in [-0.1, -0.05) is 6.07 Å². The highest BCUT2D eigenvalue weighted by atomic mass is 16.5. The van der Waals surface area contributed by atoms with Crippen LogP contribution in [0.4, 0.5) is 0 Å². The van der Waals surface area contributed by atoms with E-state index in [4.69, 9.17) is 0 Å². The van der Waals surface area contributed by atoms with Crippen molar-refractivity contribution in [3.05, 3.63) is 30.1 Å². The van der Waals surface area contributed by atoms with Gasteiger partial charge in [-0.3, -0.25) is 9.78 Å². The van der Waals surface area contributed by atoms with Crippen molar-refractivity contribution in [2.24, 2.45) is 0 Å². The van der Waals surface area contributed by atoms with Gasteiger partial charge in [-0.05, 0) is 18.6 Å². The van der Waals surface area contributed by atoms with Crippen molar-refractivity contribution in [1.29, 1.82) is 0 Å². The molecule has 1 rings (SSSR count). The van der Waals surface area contributed by atoms with Gasteiger partial charge in [-0.15, -0.1) is 0 Å². The summed E-state index contributed by atoms with van der Waals surface area (Å²) in [7, 11) is 1.29. The summed E-state index contributed by atoms with van der Waals surface area (Å²) < 4.78 is 4.65. The molecule has 0 fully saturated rings. The van der Waals surface area contributed by atoms with E-state index in [2.05, 4.69) is 20.4 Å². The molecule has 0 spiro atoms. The van der Waals surface area contributed by atoms with Crippen LogP contribution in [0, 0.1) is 0 Å². The summed E-state index contributed by atoms with van der Waals surface area (Å²) in [6.45, 7) is 3.61. The van der Waals surface area contributed by atoms with E-state index in [-0.39, 0.29) is 11.9 Å². The lowest BCUT2D eigenvalue weighted by Gasteiger charge is -2.19. The lowest BCUT2D eigenvalue weighted by Crippen LogP contribution is -2.47. The van der Waals surface area contributed by atoms with Gasteiger partial charge in [-0.25, -0.2) is 4.79 Å². The standard InChI is InChI=1S/C13H19N3O3/c1-9(11-5-4-6-14-7-11)15-8-12(13(18)19-3)16-10(2)17/h4-7,9,12,15H,8H2,1-3H3,(H,16,17)/t9-,12?/m0/s1. The molecule has 0 saturated heterocycles. The number of nitrogens with one attached hydrogen (secondary N) is 2. The Kier molecular flexibility index (Phi) is 5.95. The highest BCUT2D eigenvalue weighted by Crippen LogP contribution is 2.09. The molecule has 0 bridgehead atoms. The molecule has 1 amide bonds. The van der Waals surface area contributed by atoms with Crippen molar-refractivity contribution in [3.8, 4) is 0 Å². The van der Waals surface area contributed by atoms with Crippen LogP contribution in [-0.2, 0) is 14.3 Å². The Morgan fingerprint density at radius 2 is 2.21 bits per heavy atom. The highest BCUT2D eigenvalue weighted by molar-refractivity contribution is 5.83. The van der Waals surface area contributed by atoms with E-state index in [9.17, 15) is 9.59 Å². The van der Waals surface area contributed by atoms with Crippen molar-refractivity contribution >= 4 is 11.9 Å². The summed E-state index contributed by atoms with van der Waals surface area (Å²) in [5.41, 5.74) is 1.01. The van der Waals surface area contributed by atoms with E-state index < -0.39 is 12.0 Å². The Balaban J connectivity index is 2.56. The number of rotatable bonds is 6. The number of pyridine rings is 1. The number of amides is 1. The molecule has 2 N–H and O–H groups in total. The molecule has 19 heavy (non-hydrogen) atoms. The van der Waals surface area contributed by atoms with Crippen molar-refractivity contribution < 1.29 is 14.3 Å². The summed E-state index contributed by atoms with van der Waals surface area (Å²) in [4.78, 5) is 26.6. The third-order valence-electron chi connectivity index (χ3n) is 2.68. The van der Waals surface area contributed by atoms with Gasteiger partial charge in [0.2, 0.25) is 5.91 Å². The highest BCUT2D eigenvalue weighted by Gasteiger charge is 2.20. The second-order valence-electron chi connectivity index (χ2n) is 4.19. The minimum absolute atomic E-state index is 0.0228. The normalized spacial score (nSPS) is 13.4. The zero-order chi connectivity index (χ0) is 14.3. The number of hydrogen-bond donors (Lipinski definition) is 2. The molecule has 0 radical (unpaired) electrons. The van der Waals surface area contributed by atoms with Crippen LogP contribution in [0.1, 0.15) is 25.5 Å². The van der Waals surface area contributed by atoms with Crippen molar-refractivity contribution in [2.45, 2.75) is 25.9 Å². The zero-order valence-corrected chi connectivity index (χ0v) is 11.3. The van der Waals surface area contributed by atoms with E-state index in [1.54, 1.807) is 12.4 Å². The number of carbonyl (C=O) groups is 2. The Morgan fingerprint density at radius 3 is 2.74 bits per heavy atom. The molecular weight excluding hydrogens is 246 g/mol. The number of carbonyl (C=O) groups excluding carboxylic acids is 2. The Hall–Kier alpha value is -1.95. The first-order chi connectivity index (χ1) is 9.04. The molecule has 1 heterocycles. The first-order valence-corrected chi connectivity index (χ1v) is 6.02. The second kappa shape index (κ2) is 7.48. The third kappa shape index (κ3) is 5.05. The lowest BCUT2D eigenvalue weighted by atomic mass is 10.1. The summed E-state index contributed by atoms with van der Waals surface area (Å²) in [6, 6.07) is 3.12. The van der Waals surface area contributed by atoms with E-state index >= 15 is 0 Å². The average molecular weight is 265 g/mol. The number of methoxy groups -OCH3 is 1. The predicted octanol–water partition coefficient (Wildman–Crippen LogP) is 0.410. The predicted molar refractivity (Wildman–Crippen MR) is 70.3 cm³/mol. The van der Waals surface area contributed by atoms with Crippen LogP contribution in [0.3, 0.4) is 0 Å². The van der Waals surface area contributed by atoms with Crippen LogP contribution in [0.25, 0.3) is 0 Å². The van der Waals surface area contributed by atoms with Gasteiger partial charge in [0, 0.05) is 31.9 Å². The minimum Gasteiger partial charge on any atom is -0.467 e. The number of aromatic nitrogens is 1. The van der Waals surface area contributed by atoms with E-state index in [0.29, 0.717) is 6.54 Å². The van der Waals surface area contributed by atoms with E-state index in [1.165, 1.54) is 14.0 Å². The molecule has 104 valence electrons. The third-order valence-corrected chi connectivity index (χ3v) is 2.68. The van der Waals surface area contributed by atoms with Gasteiger partial charge < -0.3 is 15.4 Å². The maximum absolute atomic E-state index is 11.5. The van der Waals surface area contributed by atoms with E-state index in [1.807, 2.05) is 19.1 Å². The molecule has 2 atom stereocenters. The monoisotopic (exact) mass is 265 g/mol. The fraction of sp³-hybridized carbons (Fsp3) is 0.462. The second-order valence-corrected chi connectivity index (χ2v) is 4.19. The van der Waals surface area contributed by atoms with Crippen LogP contribution >= 0.6 is 0 Å². The number of ether oxygens (including phenoxy) is 1. The SMILES string of the molecule is COC(=O)C(CN[C@@H](C)c1cccnc1)NC(C)=O. The van der Waals surface area contributed by atoms with Gasteiger partial charge in [0.25, 0.3) is 0 Å². The smallest absolute Gasteiger partial charge is 0.329 e. The Bertz CT molecular complexity index is 422. The quantitative estimate of drug-likeness (QED) is 0.728. The summed E-state index contributed by atoms with van der Waals surface area (Å²) >= 11 is 0. The summed E-state index contributed by atoms with van der Waals surface area (Å²) in [5.74, 6) is -0.743. The number of hydrogen-bond acceptors (Lipinski definition) is 5. The molecule has 1 aromatic heterocycles. The van der Waals surface area contributed by atoms with Gasteiger partial charge in [0.05, 0.1) is 7.11 Å². The van der Waals surface area contributed by atoms with Gasteiger partial charge in [0.15, 0.2) is 0 Å². The molecule has 0 saturated carbocycles. The molecule has 6 heteroatoms. The average Bonchev–Trinajstić information content (AvgIpc) is 2.42. The van der Waals surface area contributed by atoms with Gasteiger partial charge in [0.1, 0.15) is 6.04 Å². The topological polar surface area (TPSA) is 80.3 Å². The number of esters is 1. The van der Waals surface area contributed by atoms with Gasteiger partial charge in [-0.2, -0.15) is 0 Å². The van der Waals surface area contributed by atoms with Crippen molar-refractivity contribution in [1.82, 2.24) is 15.6 Å². The Labute approximate surface area is 112 Å². The zero-order valence-electron chi connectivity index (χ0n) is 11.3. The van der Waals surface area contributed by atoms with Crippen molar-refractivity contribution in [2.75, 3.05) is 13.7 Å². The summed E-state index contributed by atoms with van der Waals surface area (Å²) in [6.07, 6.45) is 3.45. The largest absolute Gasteiger partial charge is 0.467 e. The maximum atomic E-state index is 11.5. The van der Waals surface area contributed by atoms with Crippen molar-refractivity contribution in [3.63, 3.8) is 0 Å². The molecule has 1 unspecified atom stereocenters. The minimum atomic E-state index is -0.693. The van der Waals surface area contributed by atoms with Crippen LogP contribution < -0.4 is 10.6 Å².